The molecule has 0 N–H and O–H groups in total. The van der Waals surface area contributed by atoms with Crippen molar-refractivity contribution >= 4 is 54.2 Å². The number of unbranched alkanes of at least 4 members (excludes halogenated alkanes) is 18. The summed E-state index contributed by atoms with van der Waals surface area (Å²) in [5.74, 6) is 1.85. The molecule has 0 amide bonds. The molecule has 2 heteroatoms. The van der Waals surface area contributed by atoms with Gasteiger partial charge in [-0.1, -0.05) is 263 Å². The Labute approximate surface area is 443 Å². The highest BCUT2D eigenvalue weighted by atomic mass is 16.5. The Morgan fingerprint density at radius 1 is 0.270 bits per heavy atom. The van der Waals surface area contributed by atoms with Crippen LogP contribution < -0.4 is 19.9 Å². The molecule has 2 nitrogen and oxygen atoms in total. The maximum atomic E-state index is 6.47. The van der Waals surface area contributed by atoms with Crippen molar-refractivity contribution < 1.29 is 9.47 Å². The van der Waals surface area contributed by atoms with Crippen LogP contribution in [0.15, 0.2) is 182 Å². The lowest BCUT2D eigenvalue weighted by molar-refractivity contribution is 0.304. The van der Waals surface area contributed by atoms with Gasteiger partial charge in [-0.25, -0.2) is 0 Å². The lowest BCUT2D eigenvalue weighted by Gasteiger charge is -2.19. The topological polar surface area (TPSA) is 18.5 Å². The van der Waals surface area contributed by atoms with E-state index >= 15 is 0 Å². The maximum Gasteiger partial charge on any atom is 0.119 e. The average Bonchev–Trinajstić information content (AvgIpc) is 3.45. The average molecular weight is 977 g/mol. The van der Waals surface area contributed by atoms with E-state index in [-0.39, 0.29) is 0 Å². The molecule has 0 bridgehead atoms. The Kier molecular flexibility index (Phi) is 19.5. The standard InChI is InChI=1S/C72H80O2/c1-3-5-7-9-11-13-15-17-19-31-49-73-63-45-41-57(42-46-63)70(58-43-47-64(48-44-58)74-50-32-20-18-16-14-12-10-8-6-4-2)72-67-53-61-39-29-27-37-59(61)51-65(67)71(66-52-60-38-28-30-40-62(60)54-68(66)72)69(55-33-23-21-24-34-55)56-35-25-22-26-36-56/h21-30,33-48,51-54H,3-20,31-32,49-50H2,1-2H3. The van der Waals surface area contributed by atoms with Crippen molar-refractivity contribution in [3.8, 4) is 11.5 Å². The van der Waals surface area contributed by atoms with Crippen molar-refractivity contribution in [3.63, 3.8) is 0 Å². The van der Waals surface area contributed by atoms with E-state index in [9.17, 15) is 0 Å². The second kappa shape index (κ2) is 27.6. The zero-order chi connectivity index (χ0) is 50.6. The first kappa shape index (κ1) is 52.2. The summed E-state index contributed by atoms with van der Waals surface area (Å²) in [4.78, 5) is 0. The predicted octanol–water partition coefficient (Wildman–Crippen LogP) is 19.4. The molecule has 0 saturated heterocycles. The van der Waals surface area contributed by atoms with Crippen LogP contribution in [0.1, 0.15) is 165 Å². The van der Waals surface area contributed by atoms with Gasteiger partial charge in [0.1, 0.15) is 11.5 Å². The summed E-state index contributed by atoms with van der Waals surface area (Å²) in [6, 6.07) is 67.5. The quantitative estimate of drug-likeness (QED) is 0.0360. The maximum absolute atomic E-state index is 6.47. The summed E-state index contributed by atoms with van der Waals surface area (Å²) < 4.78 is 12.9. The molecule has 380 valence electrons. The molecule has 0 aliphatic heterocycles. The SMILES string of the molecule is CCCCCCCCCCCCOc1ccc(C(c2ccc(OCCCCCCCCCCCC)cc2)=c2c3cc4ccccc4cc3c(=C(c3ccccc3)c3ccccc3)c3cc4ccccc4cc23)cc1. The molecule has 9 aromatic carbocycles. The second-order valence-corrected chi connectivity index (χ2v) is 20.8. The lowest BCUT2D eigenvalue weighted by atomic mass is 9.85. The normalized spacial score (nSPS) is 11.5. The molecule has 0 radical (unpaired) electrons. The van der Waals surface area contributed by atoms with E-state index in [1.165, 1.54) is 191 Å². The van der Waals surface area contributed by atoms with Crippen molar-refractivity contribution in [3.05, 3.63) is 215 Å². The fraction of sp³-hybridized carbons (Fsp3) is 0.333. The van der Waals surface area contributed by atoms with E-state index < -0.39 is 0 Å². The van der Waals surface area contributed by atoms with Crippen LogP contribution >= 0.6 is 0 Å². The number of hydrogen-bond donors (Lipinski definition) is 0. The van der Waals surface area contributed by atoms with Crippen LogP contribution in [0.3, 0.4) is 0 Å². The Balaban J connectivity index is 1.16. The molecule has 0 spiro atoms. The van der Waals surface area contributed by atoms with Crippen molar-refractivity contribution in [1.82, 2.24) is 0 Å². The third kappa shape index (κ3) is 13.5. The Bertz CT molecular complexity index is 3060. The first-order chi connectivity index (χ1) is 36.7. The van der Waals surface area contributed by atoms with Gasteiger partial charge in [-0.05, 0) is 148 Å². The third-order valence-electron chi connectivity index (χ3n) is 15.3. The number of rotatable bonds is 28. The number of ether oxygens (including phenoxy) is 2. The second-order valence-electron chi connectivity index (χ2n) is 20.8. The van der Waals surface area contributed by atoms with Crippen molar-refractivity contribution in [2.45, 2.75) is 142 Å². The fourth-order valence-electron chi connectivity index (χ4n) is 11.3. The zero-order valence-corrected chi connectivity index (χ0v) is 44.7. The van der Waals surface area contributed by atoms with E-state index in [1.54, 1.807) is 0 Å². The first-order valence-corrected chi connectivity index (χ1v) is 28.8. The van der Waals surface area contributed by atoms with Gasteiger partial charge < -0.3 is 9.47 Å². The van der Waals surface area contributed by atoms with Crippen LogP contribution in [0.5, 0.6) is 11.5 Å². The van der Waals surface area contributed by atoms with Gasteiger partial charge in [0.05, 0.1) is 13.2 Å². The zero-order valence-electron chi connectivity index (χ0n) is 44.7. The predicted molar refractivity (Wildman–Crippen MR) is 319 cm³/mol. The van der Waals surface area contributed by atoms with Crippen LogP contribution in [0.25, 0.3) is 54.2 Å². The largest absolute Gasteiger partial charge is 0.494 e. The minimum atomic E-state index is 0.742. The molecule has 0 saturated carbocycles. The summed E-state index contributed by atoms with van der Waals surface area (Å²) in [6.07, 6.45) is 26.3. The van der Waals surface area contributed by atoms with Gasteiger partial charge >= 0.3 is 0 Å². The van der Waals surface area contributed by atoms with Crippen molar-refractivity contribution in [2.75, 3.05) is 13.2 Å². The Morgan fingerprint density at radius 3 is 0.824 bits per heavy atom. The fourth-order valence-corrected chi connectivity index (χ4v) is 11.3. The molecule has 0 atom stereocenters. The van der Waals surface area contributed by atoms with Crippen LogP contribution in [-0.4, -0.2) is 13.2 Å². The summed E-state index contributed by atoms with van der Waals surface area (Å²) in [6.45, 7) is 6.07. The minimum absolute atomic E-state index is 0.742. The molecule has 0 fully saturated rings. The van der Waals surface area contributed by atoms with Crippen LogP contribution in [0.2, 0.25) is 0 Å². The van der Waals surface area contributed by atoms with E-state index in [4.69, 9.17) is 9.47 Å². The molecule has 74 heavy (non-hydrogen) atoms. The number of fused-ring (bicyclic) bond motifs is 4. The van der Waals surface area contributed by atoms with E-state index in [2.05, 4.69) is 196 Å². The molecule has 0 aliphatic rings. The summed E-state index contributed by atoms with van der Waals surface area (Å²) in [7, 11) is 0. The molecule has 0 heterocycles. The van der Waals surface area contributed by atoms with Gasteiger partial charge in [0.2, 0.25) is 0 Å². The molecule has 9 rings (SSSR count). The van der Waals surface area contributed by atoms with Crippen molar-refractivity contribution in [1.29, 1.82) is 0 Å². The molecule has 0 aromatic heterocycles. The minimum Gasteiger partial charge on any atom is -0.494 e. The number of benzene rings is 9. The molecule has 0 unspecified atom stereocenters. The van der Waals surface area contributed by atoms with E-state index in [0.29, 0.717) is 0 Å². The Hall–Kier alpha value is -6.64. The van der Waals surface area contributed by atoms with Gasteiger partial charge in [-0.3, -0.25) is 0 Å². The van der Waals surface area contributed by atoms with Gasteiger partial charge in [0.15, 0.2) is 0 Å². The molecule has 9 aromatic rings. The lowest BCUT2D eigenvalue weighted by Crippen LogP contribution is -2.21. The highest BCUT2D eigenvalue weighted by Gasteiger charge is 2.19. The molecular weight excluding hydrogens is 897 g/mol. The van der Waals surface area contributed by atoms with E-state index in [1.807, 2.05) is 0 Å². The third-order valence-corrected chi connectivity index (χ3v) is 15.3. The summed E-state index contributed by atoms with van der Waals surface area (Å²) in [5, 5.41) is 12.3. The summed E-state index contributed by atoms with van der Waals surface area (Å²) >= 11 is 0. The monoisotopic (exact) mass is 977 g/mol. The van der Waals surface area contributed by atoms with Gasteiger partial charge in [0.25, 0.3) is 0 Å². The first-order valence-electron chi connectivity index (χ1n) is 28.8. The molecular formula is C72H80O2. The van der Waals surface area contributed by atoms with Crippen LogP contribution in [-0.2, 0) is 0 Å². The number of hydrogen-bond acceptors (Lipinski definition) is 2. The Morgan fingerprint density at radius 2 is 0.527 bits per heavy atom. The molecule has 0 aliphatic carbocycles. The summed E-state index contributed by atoms with van der Waals surface area (Å²) in [5.41, 5.74) is 7.13. The highest BCUT2D eigenvalue weighted by Crippen LogP contribution is 2.33. The smallest absolute Gasteiger partial charge is 0.119 e. The van der Waals surface area contributed by atoms with Gasteiger partial charge in [-0.15, -0.1) is 0 Å². The highest BCUT2D eigenvalue weighted by molar-refractivity contribution is 6.13. The van der Waals surface area contributed by atoms with Crippen LogP contribution in [0, 0.1) is 0 Å². The van der Waals surface area contributed by atoms with E-state index in [0.717, 1.165) is 48.7 Å². The van der Waals surface area contributed by atoms with Crippen molar-refractivity contribution in [2.24, 2.45) is 0 Å². The van der Waals surface area contributed by atoms with Crippen LogP contribution in [0.4, 0.5) is 0 Å². The van der Waals surface area contributed by atoms with Gasteiger partial charge in [-0.2, -0.15) is 0 Å². The van der Waals surface area contributed by atoms with Gasteiger partial charge in [0, 0.05) is 0 Å².